The van der Waals surface area contributed by atoms with E-state index in [-0.39, 0.29) is 0 Å². The number of hydrogen-bond donors (Lipinski definition) is 0. The van der Waals surface area contributed by atoms with E-state index in [0.717, 1.165) is 6.61 Å². The van der Waals surface area contributed by atoms with Crippen molar-refractivity contribution in [2.75, 3.05) is 6.61 Å². The van der Waals surface area contributed by atoms with Crippen molar-refractivity contribution >= 4 is 0 Å². The Morgan fingerprint density at radius 2 is 1.35 bits per heavy atom. The minimum absolute atomic E-state index is 0.353. The Hall–Kier alpha value is -0.0800. The van der Waals surface area contributed by atoms with Gasteiger partial charge in [-0.15, -0.1) is 0 Å². The van der Waals surface area contributed by atoms with E-state index in [0.29, 0.717) is 18.3 Å². The smallest absolute Gasteiger partial charge is 0.0841 e. The first-order valence-corrected chi connectivity index (χ1v) is 9.08. The highest BCUT2D eigenvalue weighted by Gasteiger charge is 2.30. The van der Waals surface area contributed by atoms with Crippen molar-refractivity contribution in [1.29, 1.82) is 0 Å². The molecule has 2 nitrogen and oxygen atoms in total. The van der Waals surface area contributed by atoms with E-state index in [1.807, 2.05) is 0 Å². The molecule has 3 atom stereocenters. The lowest BCUT2D eigenvalue weighted by Crippen LogP contribution is -2.43. The third kappa shape index (κ3) is 7.08. The number of ether oxygens (including phenoxy) is 2. The predicted octanol–water partition coefficient (Wildman–Crippen LogP) is 5.49. The van der Waals surface area contributed by atoms with E-state index in [9.17, 15) is 0 Å². The monoisotopic (exact) mass is 284 g/mol. The van der Waals surface area contributed by atoms with Crippen molar-refractivity contribution in [3.05, 3.63) is 0 Å². The van der Waals surface area contributed by atoms with Crippen LogP contribution in [0.25, 0.3) is 0 Å². The average molecular weight is 284 g/mol. The van der Waals surface area contributed by atoms with Gasteiger partial charge in [0.2, 0.25) is 0 Å². The Balaban J connectivity index is 2.32. The first kappa shape index (κ1) is 18.0. The molecule has 2 heteroatoms. The summed E-state index contributed by atoms with van der Waals surface area (Å²) in [5, 5.41) is 0. The van der Waals surface area contributed by atoms with Crippen molar-refractivity contribution in [2.45, 2.75) is 110 Å². The van der Waals surface area contributed by atoms with Gasteiger partial charge in [0.15, 0.2) is 0 Å². The zero-order chi connectivity index (χ0) is 14.6. The third-order valence-corrected chi connectivity index (χ3v) is 4.34. The molecule has 1 saturated heterocycles. The Labute approximate surface area is 126 Å². The summed E-state index contributed by atoms with van der Waals surface area (Å²) in [5.74, 6) is 0. The molecule has 3 unspecified atom stereocenters. The molecule has 0 radical (unpaired) electrons. The maximum atomic E-state index is 6.35. The third-order valence-electron chi connectivity index (χ3n) is 4.34. The van der Waals surface area contributed by atoms with Gasteiger partial charge >= 0.3 is 0 Å². The second kappa shape index (κ2) is 11.6. The van der Waals surface area contributed by atoms with Crippen molar-refractivity contribution in [3.63, 3.8) is 0 Å². The van der Waals surface area contributed by atoms with Gasteiger partial charge < -0.3 is 9.47 Å². The maximum Gasteiger partial charge on any atom is 0.0841 e. The molecule has 0 aromatic rings. The summed E-state index contributed by atoms with van der Waals surface area (Å²) >= 11 is 0. The van der Waals surface area contributed by atoms with E-state index in [4.69, 9.17) is 9.47 Å². The van der Waals surface area contributed by atoms with Crippen LogP contribution in [-0.4, -0.2) is 24.9 Å². The van der Waals surface area contributed by atoms with Crippen molar-refractivity contribution < 1.29 is 9.47 Å². The Morgan fingerprint density at radius 1 is 0.700 bits per heavy atom. The molecular weight excluding hydrogens is 248 g/mol. The molecule has 0 aromatic heterocycles. The summed E-state index contributed by atoms with van der Waals surface area (Å²) in [4.78, 5) is 0. The molecule has 20 heavy (non-hydrogen) atoms. The van der Waals surface area contributed by atoms with Gasteiger partial charge in [0.1, 0.15) is 0 Å². The van der Waals surface area contributed by atoms with E-state index in [2.05, 4.69) is 20.8 Å². The highest BCUT2D eigenvalue weighted by molar-refractivity contribution is 4.78. The molecule has 1 fully saturated rings. The van der Waals surface area contributed by atoms with Gasteiger partial charge in [-0.25, -0.2) is 0 Å². The molecule has 1 heterocycles. The molecule has 0 bridgehead atoms. The van der Waals surface area contributed by atoms with Gasteiger partial charge in [0.25, 0.3) is 0 Å². The van der Waals surface area contributed by atoms with Crippen LogP contribution in [-0.2, 0) is 9.47 Å². The van der Waals surface area contributed by atoms with Gasteiger partial charge in [-0.05, 0) is 19.3 Å². The summed E-state index contributed by atoms with van der Waals surface area (Å²) in [6.07, 6.45) is 14.9. The van der Waals surface area contributed by atoms with Crippen LogP contribution in [0.4, 0.5) is 0 Å². The molecular formula is C18H36O2. The number of unbranched alkanes of at least 4 members (excludes halogenated alkanes) is 5. The quantitative estimate of drug-likeness (QED) is 0.467. The fourth-order valence-corrected chi connectivity index (χ4v) is 3.00. The minimum atomic E-state index is 0.353. The molecule has 1 aliphatic heterocycles. The molecule has 120 valence electrons. The largest absolute Gasteiger partial charge is 0.373 e. The first-order chi connectivity index (χ1) is 9.81. The van der Waals surface area contributed by atoms with Crippen LogP contribution < -0.4 is 0 Å². The first-order valence-electron chi connectivity index (χ1n) is 9.08. The van der Waals surface area contributed by atoms with Gasteiger partial charge in [-0.1, -0.05) is 72.1 Å². The summed E-state index contributed by atoms with van der Waals surface area (Å²) in [7, 11) is 0. The molecule has 0 saturated carbocycles. The predicted molar refractivity (Wildman–Crippen MR) is 86.2 cm³/mol. The molecule has 0 N–H and O–H groups in total. The lowest BCUT2D eigenvalue weighted by Gasteiger charge is -2.37. The van der Waals surface area contributed by atoms with Crippen LogP contribution in [0.3, 0.4) is 0 Å². The lowest BCUT2D eigenvalue weighted by molar-refractivity contribution is -0.186. The van der Waals surface area contributed by atoms with Gasteiger partial charge in [-0.3, -0.25) is 0 Å². The molecule has 0 aromatic carbocycles. The molecule has 0 amide bonds. The molecule has 1 aliphatic rings. The second-order valence-corrected chi connectivity index (χ2v) is 6.30. The number of rotatable bonds is 11. The van der Waals surface area contributed by atoms with Crippen molar-refractivity contribution in [1.82, 2.24) is 0 Å². The van der Waals surface area contributed by atoms with Gasteiger partial charge in [0, 0.05) is 0 Å². The zero-order valence-electron chi connectivity index (χ0n) is 14.0. The van der Waals surface area contributed by atoms with Crippen molar-refractivity contribution in [2.24, 2.45) is 0 Å². The highest BCUT2D eigenvalue weighted by Crippen LogP contribution is 2.25. The Kier molecular flexibility index (Phi) is 10.4. The summed E-state index contributed by atoms with van der Waals surface area (Å²) in [6, 6.07) is 0. The fourth-order valence-electron chi connectivity index (χ4n) is 3.00. The van der Waals surface area contributed by atoms with Crippen LogP contribution in [0.1, 0.15) is 91.4 Å². The van der Waals surface area contributed by atoms with E-state index in [1.165, 1.54) is 70.6 Å². The topological polar surface area (TPSA) is 18.5 Å². The van der Waals surface area contributed by atoms with Crippen LogP contribution in [0.5, 0.6) is 0 Å². The molecule has 0 aliphatic carbocycles. The van der Waals surface area contributed by atoms with Gasteiger partial charge in [-0.2, -0.15) is 0 Å². The Morgan fingerprint density at radius 3 is 2.00 bits per heavy atom. The fraction of sp³-hybridized carbons (Fsp3) is 1.00. The lowest BCUT2D eigenvalue weighted by atomic mass is 9.99. The summed E-state index contributed by atoms with van der Waals surface area (Å²) in [6.45, 7) is 7.59. The van der Waals surface area contributed by atoms with Crippen LogP contribution in [0.2, 0.25) is 0 Å². The maximum absolute atomic E-state index is 6.35. The van der Waals surface area contributed by atoms with E-state index < -0.39 is 0 Å². The highest BCUT2D eigenvalue weighted by atomic mass is 16.6. The van der Waals surface area contributed by atoms with E-state index in [1.54, 1.807) is 0 Å². The minimum Gasteiger partial charge on any atom is -0.373 e. The van der Waals surface area contributed by atoms with Crippen LogP contribution >= 0.6 is 0 Å². The molecule has 1 rings (SSSR count). The normalized spacial score (nSPS) is 26.9. The van der Waals surface area contributed by atoms with E-state index >= 15 is 0 Å². The van der Waals surface area contributed by atoms with Gasteiger partial charge in [0.05, 0.1) is 24.9 Å². The molecule has 0 spiro atoms. The zero-order valence-corrected chi connectivity index (χ0v) is 14.0. The van der Waals surface area contributed by atoms with Crippen LogP contribution in [0.15, 0.2) is 0 Å². The SMILES string of the molecule is CCCCCCC1COC(CCCC)C(CCCC)O1. The summed E-state index contributed by atoms with van der Waals surface area (Å²) in [5.41, 5.74) is 0. The standard InChI is InChI=1S/C18H36O2/c1-4-7-10-11-12-16-15-19-17(13-8-5-2)18(20-16)14-9-6-3/h16-18H,4-15H2,1-3H3. The summed E-state index contributed by atoms with van der Waals surface area (Å²) < 4.78 is 12.5. The number of hydrogen-bond acceptors (Lipinski definition) is 2. The van der Waals surface area contributed by atoms with Crippen molar-refractivity contribution in [3.8, 4) is 0 Å². The second-order valence-electron chi connectivity index (χ2n) is 6.30. The average Bonchev–Trinajstić information content (AvgIpc) is 2.48. The Bertz CT molecular complexity index is 217. The van der Waals surface area contributed by atoms with Crippen LogP contribution in [0, 0.1) is 0 Å².